The zero-order valence-corrected chi connectivity index (χ0v) is 6.72. The van der Waals surface area contributed by atoms with E-state index >= 15 is 0 Å². The standard InChI is InChI=1S/C8H9N3O/c1-2-5-3-6-7(11-5)9-4-10-8(6)12/h3-4H,2H2,1H3,(H2,9,10,11,12). The van der Waals surface area contributed by atoms with E-state index in [2.05, 4.69) is 15.0 Å². The first-order valence-corrected chi connectivity index (χ1v) is 3.86. The van der Waals surface area contributed by atoms with Crippen LogP contribution in [0.3, 0.4) is 0 Å². The van der Waals surface area contributed by atoms with E-state index in [1.807, 2.05) is 13.0 Å². The van der Waals surface area contributed by atoms with E-state index in [1.165, 1.54) is 6.33 Å². The number of nitrogens with one attached hydrogen (secondary N) is 2. The Kier molecular flexibility index (Phi) is 1.46. The Morgan fingerprint density at radius 1 is 1.58 bits per heavy atom. The number of nitrogens with zero attached hydrogens (tertiary/aromatic N) is 1. The maximum Gasteiger partial charge on any atom is 0.282 e. The minimum atomic E-state index is -0.181. The molecule has 0 unspecified atom stereocenters. The predicted octanol–water partition coefficient (Wildman–Crippen LogP) is 0.814. The van der Waals surface area contributed by atoms with Crippen molar-refractivity contribution in [2.24, 2.45) is 0 Å². The topological polar surface area (TPSA) is 61.5 Å². The van der Waals surface area contributed by atoms with E-state index < -0.39 is 0 Å². The fraction of sp³-hybridized carbons (Fsp3) is 0.250. The summed E-state index contributed by atoms with van der Waals surface area (Å²) >= 11 is 0. The molecular formula is C8H9N3O. The van der Waals surface area contributed by atoms with Crippen LogP contribution >= 0.6 is 0 Å². The van der Waals surface area contributed by atoms with Crippen molar-refractivity contribution in [3.8, 4) is 0 Å². The van der Waals surface area contributed by atoms with Gasteiger partial charge in [0.05, 0.1) is 11.7 Å². The van der Waals surface area contributed by atoms with Gasteiger partial charge in [-0.25, -0.2) is 0 Å². The first kappa shape index (κ1) is 7.09. The van der Waals surface area contributed by atoms with Crippen molar-refractivity contribution in [1.82, 2.24) is 15.0 Å². The van der Waals surface area contributed by atoms with Crippen LogP contribution in [0.1, 0.15) is 12.6 Å². The molecule has 0 spiro atoms. The molecule has 0 aliphatic rings. The zero-order chi connectivity index (χ0) is 8.55. The van der Waals surface area contributed by atoms with Crippen molar-refractivity contribution in [2.45, 2.75) is 13.3 Å². The molecule has 0 fully saturated rings. The van der Waals surface area contributed by atoms with Crippen LogP contribution < -0.4 is 5.56 Å². The molecule has 2 aromatic rings. The summed E-state index contributed by atoms with van der Waals surface area (Å²) in [6.45, 7) is 2.03. The molecule has 2 heterocycles. The van der Waals surface area contributed by atoms with Gasteiger partial charge in [0.2, 0.25) is 0 Å². The van der Waals surface area contributed by atoms with E-state index in [-0.39, 0.29) is 5.56 Å². The van der Waals surface area contributed by atoms with Crippen LogP contribution in [0.25, 0.3) is 11.0 Å². The SMILES string of the molecule is CCc1cc2c(=O)nc[nH]c2[nH]1. The van der Waals surface area contributed by atoms with Gasteiger partial charge in [0.25, 0.3) is 5.56 Å². The molecule has 0 amide bonds. The monoisotopic (exact) mass is 163 g/mol. The number of aromatic nitrogens is 3. The van der Waals surface area contributed by atoms with Crippen molar-refractivity contribution >= 4 is 11.0 Å². The van der Waals surface area contributed by atoms with Gasteiger partial charge < -0.3 is 9.97 Å². The summed E-state index contributed by atoms with van der Waals surface area (Å²) < 4.78 is 0. The van der Waals surface area contributed by atoms with Gasteiger partial charge in [-0.15, -0.1) is 0 Å². The second-order valence-electron chi connectivity index (χ2n) is 2.64. The van der Waals surface area contributed by atoms with Gasteiger partial charge in [-0.3, -0.25) is 4.79 Å². The van der Waals surface area contributed by atoms with Crippen molar-refractivity contribution in [1.29, 1.82) is 0 Å². The maximum absolute atomic E-state index is 11.2. The van der Waals surface area contributed by atoms with Gasteiger partial charge in [0, 0.05) is 5.69 Å². The van der Waals surface area contributed by atoms with Crippen molar-refractivity contribution in [3.63, 3.8) is 0 Å². The molecule has 0 aliphatic carbocycles. The maximum atomic E-state index is 11.2. The average Bonchev–Trinajstić information content (AvgIpc) is 2.49. The van der Waals surface area contributed by atoms with E-state index in [0.29, 0.717) is 5.39 Å². The van der Waals surface area contributed by atoms with Gasteiger partial charge in [-0.1, -0.05) is 6.92 Å². The molecule has 4 heteroatoms. The normalized spacial score (nSPS) is 10.8. The summed E-state index contributed by atoms with van der Waals surface area (Å²) in [5.41, 5.74) is 1.62. The second kappa shape index (κ2) is 2.48. The summed E-state index contributed by atoms with van der Waals surface area (Å²) in [6, 6.07) is 1.83. The fourth-order valence-electron chi connectivity index (χ4n) is 1.21. The predicted molar refractivity (Wildman–Crippen MR) is 46.1 cm³/mol. The highest BCUT2D eigenvalue weighted by molar-refractivity contribution is 5.74. The molecule has 0 aromatic carbocycles. The van der Waals surface area contributed by atoms with Gasteiger partial charge in [0.1, 0.15) is 5.65 Å². The Morgan fingerprint density at radius 3 is 3.08 bits per heavy atom. The van der Waals surface area contributed by atoms with Crippen LogP contribution in [0, 0.1) is 0 Å². The largest absolute Gasteiger partial charge is 0.345 e. The lowest BCUT2D eigenvalue weighted by Crippen LogP contribution is -2.04. The third kappa shape index (κ3) is 0.922. The lowest BCUT2D eigenvalue weighted by atomic mass is 10.3. The molecule has 0 bridgehead atoms. The van der Waals surface area contributed by atoms with Crippen molar-refractivity contribution in [3.05, 3.63) is 28.4 Å². The zero-order valence-electron chi connectivity index (χ0n) is 6.72. The Morgan fingerprint density at radius 2 is 2.42 bits per heavy atom. The number of aromatic amines is 2. The van der Waals surface area contributed by atoms with Crippen LogP contribution in [-0.2, 0) is 6.42 Å². The van der Waals surface area contributed by atoms with Crippen LogP contribution in [0.5, 0.6) is 0 Å². The summed E-state index contributed by atoms with van der Waals surface area (Å²) in [6.07, 6.45) is 2.29. The quantitative estimate of drug-likeness (QED) is 0.653. The molecule has 2 N–H and O–H groups in total. The molecule has 2 rings (SSSR count). The van der Waals surface area contributed by atoms with E-state index in [1.54, 1.807) is 0 Å². The van der Waals surface area contributed by atoms with Gasteiger partial charge in [0.15, 0.2) is 0 Å². The Labute approximate surface area is 68.7 Å². The first-order chi connectivity index (χ1) is 5.81. The van der Waals surface area contributed by atoms with Gasteiger partial charge >= 0.3 is 0 Å². The average molecular weight is 163 g/mol. The van der Waals surface area contributed by atoms with Crippen LogP contribution in [0.4, 0.5) is 0 Å². The summed E-state index contributed by atoms with van der Waals surface area (Å²) in [4.78, 5) is 20.8. The molecule has 12 heavy (non-hydrogen) atoms. The van der Waals surface area contributed by atoms with Crippen LogP contribution in [0.2, 0.25) is 0 Å². The number of rotatable bonds is 1. The molecule has 2 aromatic heterocycles. The Bertz CT molecular complexity index is 455. The van der Waals surface area contributed by atoms with Crippen LogP contribution in [0.15, 0.2) is 17.2 Å². The van der Waals surface area contributed by atoms with E-state index in [0.717, 1.165) is 17.8 Å². The highest BCUT2D eigenvalue weighted by atomic mass is 16.1. The minimum Gasteiger partial charge on any atom is -0.345 e. The minimum absolute atomic E-state index is 0.181. The third-order valence-electron chi connectivity index (χ3n) is 1.88. The molecular weight excluding hydrogens is 154 g/mol. The number of fused-ring (bicyclic) bond motifs is 1. The first-order valence-electron chi connectivity index (χ1n) is 3.86. The van der Waals surface area contributed by atoms with Gasteiger partial charge in [-0.2, -0.15) is 4.98 Å². The van der Waals surface area contributed by atoms with Gasteiger partial charge in [-0.05, 0) is 12.5 Å². The van der Waals surface area contributed by atoms with E-state index in [9.17, 15) is 4.79 Å². The van der Waals surface area contributed by atoms with Crippen LogP contribution in [-0.4, -0.2) is 15.0 Å². The molecule has 62 valence electrons. The number of hydrogen-bond acceptors (Lipinski definition) is 2. The van der Waals surface area contributed by atoms with Crippen molar-refractivity contribution in [2.75, 3.05) is 0 Å². The smallest absolute Gasteiger partial charge is 0.282 e. The summed E-state index contributed by atoms with van der Waals surface area (Å²) in [5.74, 6) is 0. The molecule has 0 radical (unpaired) electrons. The fourth-order valence-corrected chi connectivity index (χ4v) is 1.21. The lowest BCUT2D eigenvalue weighted by molar-refractivity contribution is 1.06. The summed E-state index contributed by atoms with van der Waals surface area (Å²) in [7, 11) is 0. The Balaban J connectivity index is 2.83. The summed E-state index contributed by atoms with van der Waals surface area (Å²) in [5, 5.41) is 0.634. The second-order valence-corrected chi connectivity index (χ2v) is 2.64. The number of hydrogen-bond donors (Lipinski definition) is 2. The number of aryl methyl sites for hydroxylation is 1. The highest BCUT2D eigenvalue weighted by Gasteiger charge is 2.01. The molecule has 0 saturated heterocycles. The third-order valence-corrected chi connectivity index (χ3v) is 1.88. The number of H-pyrrole nitrogens is 2. The molecule has 0 aliphatic heterocycles. The van der Waals surface area contributed by atoms with E-state index in [4.69, 9.17) is 0 Å². The molecule has 0 atom stereocenters. The highest BCUT2D eigenvalue weighted by Crippen LogP contribution is 2.07. The molecule has 0 saturated carbocycles. The van der Waals surface area contributed by atoms with Crippen molar-refractivity contribution < 1.29 is 0 Å². The molecule has 4 nitrogen and oxygen atoms in total. The Hall–Kier alpha value is -1.58. The lowest BCUT2D eigenvalue weighted by Gasteiger charge is -1.85.